The zero-order valence-electron chi connectivity index (χ0n) is 13.6. The molecule has 0 fully saturated rings. The number of hydrogen-bond acceptors (Lipinski definition) is 5. The summed E-state index contributed by atoms with van der Waals surface area (Å²) in [6.45, 7) is 5.75. The molecule has 0 aliphatic heterocycles. The third-order valence-electron chi connectivity index (χ3n) is 3.43. The van der Waals surface area contributed by atoms with E-state index in [9.17, 15) is 18.5 Å². The lowest BCUT2D eigenvalue weighted by Crippen LogP contribution is -2.14. The number of nitro benzene ring substituents is 1. The fourth-order valence-corrected chi connectivity index (χ4v) is 3.35. The second kappa shape index (κ2) is 6.88. The second-order valence-electron chi connectivity index (χ2n) is 5.22. The van der Waals surface area contributed by atoms with E-state index in [-0.39, 0.29) is 16.3 Å². The lowest BCUT2D eigenvalue weighted by atomic mass is 10.2. The molecule has 2 rings (SSSR count). The van der Waals surface area contributed by atoms with Crippen LogP contribution in [0.1, 0.15) is 18.1 Å². The molecule has 7 nitrogen and oxygen atoms in total. The van der Waals surface area contributed by atoms with Crippen molar-refractivity contribution in [1.29, 1.82) is 0 Å². The van der Waals surface area contributed by atoms with Gasteiger partial charge >= 0.3 is 0 Å². The average Bonchev–Trinajstić information content (AvgIpc) is 2.51. The van der Waals surface area contributed by atoms with Gasteiger partial charge in [0, 0.05) is 12.1 Å². The Bertz CT molecular complexity index is 878. The maximum absolute atomic E-state index is 12.5. The Hall–Kier alpha value is -2.61. The molecule has 2 aromatic carbocycles. The molecule has 0 aliphatic carbocycles. The molecule has 0 spiro atoms. The van der Waals surface area contributed by atoms with Gasteiger partial charge in [-0.2, -0.15) is 0 Å². The van der Waals surface area contributed by atoms with Crippen LogP contribution in [0.15, 0.2) is 41.3 Å². The van der Waals surface area contributed by atoms with Gasteiger partial charge in [0.25, 0.3) is 15.7 Å². The highest BCUT2D eigenvalue weighted by atomic mass is 32.2. The van der Waals surface area contributed by atoms with Gasteiger partial charge in [0.2, 0.25) is 0 Å². The van der Waals surface area contributed by atoms with Crippen LogP contribution in [0.2, 0.25) is 0 Å². The molecule has 2 aromatic rings. The third-order valence-corrected chi connectivity index (χ3v) is 4.80. The van der Waals surface area contributed by atoms with Gasteiger partial charge < -0.3 is 4.74 Å². The molecule has 24 heavy (non-hydrogen) atoms. The van der Waals surface area contributed by atoms with Gasteiger partial charge in [-0.3, -0.25) is 14.8 Å². The number of aryl methyl sites for hydroxylation is 2. The van der Waals surface area contributed by atoms with Crippen molar-refractivity contribution in [3.8, 4) is 5.75 Å². The normalized spacial score (nSPS) is 11.1. The summed E-state index contributed by atoms with van der Waals surface area (Å²) in [5, 5.41) is 10.9. The van der Waals surface area contributed by atoms with Crippen molar-refractivity contribution in [1.82, 2.24) is 0 Å². The molecule has 0 aromatic heterocycles. The predicted molar refractivity (Wildman–Crippen MR) is 91.0 cm³/mol. The summed E-state index contributed by atoms with van der Waals surface area (Å²) in [6, 6.07) is 8.56. The molecule has 0 saturated heterocycles. The molecule has 1 N–H and O–H groups in total. The van der Waals surface area contributed by atoms with E-state index in [1.165, 1.54) is 30.3 Å². The number of anilines is 1. The van der Waals surface area contributed by atoms with Crippen LogP contribution in [0.5, 0.6) is 5.75 Å². The first kappa shape index (κ1) is 17.7. The second-order valence-corrected chi connectivity index (χ2v) is 6.90. The summed E-state index contributed by atoms with van der Waals surface area (Å²) in [5.74, 6) is 0.614. The van der Waals surface area contributed by atoms with Crippen LogP contribution in [-0.2, 0) is 10.0 Å². The van der Waals surface area contributed by atoms with Gasteiger partial charge in [0.15, 0.2) is 0 Å². The number of nitro groups is 1. The molecule has 0 aliphatic rings. The largest absolute Gasteiger partial charge is 0.494 e. The first-order chi connectivity index (χ1) is 11.2. The van der Waals surface area contributed by atoms with Crippen molar-refractivity contribution in [2.75, 3.05) is 11.3 Å². The highest BCUT2D eigenvalue weighted by Crippen LogP contribution is 2.27. The van der Waals surface area contributed by atoms with Crippen molar-refractivity contribution in [3.63, 3.8) is 0 Å². The minimum absolute atomic E-state index is 0.0642. The highest BCUT2D eigenvalue weighted by molar-refractivity contribution is 7.92. The summed E-state index contributed by atoms with van der Waals surface area (Å²) in [5.41, 5.74) is 1.28. The summed E-state index contributed by atoms with van der Waals surface area (Å²) >= 11 is 0. The monoisotopic (exact) mass is 350 g/mol. The van der Waals surface area contributed by atoms with Crippen molar-refractivity contribution in [2.45, 2.75) is 25.7 Å². The Labute approximate surface area is 140 Å². The summed E-state index contributed by atoms with van der Waals surface area (Å²) in [7, 11) is -3.86. The lowest BCUT2D eigenvalue weighted by molar-refractivity contribution is -0.384. The van der Waals surface area contributed by atoms with Crippen molar-refractivity contribution >= 4 is 21.4 Å². The number of sulfonamides is 1. The van der Waals surface area contributed by atoms with Crippen LogP contribution in [0.3, 0.4) is 0 Å². The Kier molecular flexibility index (Phi) is 5.08. The SMILES string of the molecule is CCOc1ccc(S(=O)(=O)Nc2cc([N+](=O)[O-])ccc2C)cc1C. The van der Waals surface area contributed by atoms with Gasteiger partial charge in [-0.25, -0.2) is 8.42 Å². The van der Waals surface area contributed by atoms with Gasteiger partial charge in [-0.05, 0) is 50.1 Å². The number of ether oxygens (including phenoxy) is 1. The zero-order chi connectivity index (χ0) is 17.9. The van der Waals surface area contributed by atoms with Crippen LogP contribution in [-0.4, -0.2) is 19.9 Å². The quantitative estimate of drug-likeness (QED) is 0.636. The zero-order valence-corrected chi connectivity index (χ0v) is 14.4. The molecule has 0 heterocycles. The van der Waals surface area contributed by atoms with E-state index >= 15 is 0 Å². The fourth-order valence-electron chi connectivity index (χ4n) is 2.14. The third kappa shape index (κ3) is 3.83. The summed E-state index contributed by atoms with van der Waals surface area (Å²) in [4.78, 5) is 10.4. The maximum atomic E-state index is 12.5. The maximum Gasteiger partial charge on any atom is 0.271 e. The first-order valence-electron chi connectivity index (χ1n) is 7.26. The molecule has 0 unspecified atom stereocenters. The Morgan fingerprint density at radius 3 is 2.42 bits per heavy atom. The molecule has 0 bridgehead atoms. The van der Waals surface area contributed by atoms with E-state index in [0.717, 1.165) is 0 Å². The lowest BCUT2D eigenvalue weighted by Gasteiger charge is -2.12. The molecule has 0 saturated carbocycles. The number of non-ortho nitro benzene ring substituents is 1. The first-order valence-corrected chi connectivity index (χ1v) is 8.74. The summed E-state index contributed by atoms with van der Waals surface area (Å²) < 4.78 is 32.9. The molecule has 128 valence electrons. The Morgan fingerprint density at radius 2 is 1.83 bits per heavy atom. The van der Waals surface area contributed by atoms with Gasteiger partial charge in [0.05, 0.1) is 22.1 Å². The van der Waals surface area contributed by atoms with Crippen LogP contribution < -0.4 is 9.46 Å². The van der Waals surface area contributed by atoms with E-state index < -0.39 is 14.9 Å². The smallest absolute Gasteiger partial charge is 0.271 e. The van der Waals surface area contributed by atoms with E-state index in [1.807, 2.05) is 6.92 Å². The van der Waals surface area contributed by atoms with Crippen molar-refractivity contribution in [3.05, 3.63) is 57.6 Å². The molecular formula is C16H18N2O5S. The number of rotatable bonds is 6. The van der Waals surface area contributed by atoms with Crippen LogP contribution in [0.25, 0.3) is 0 Å². The number of nitrogens with zero attached hydrogens (tertiary/aromatic N) is 1. The minimum atomic E-state index is -3.86. The minimum Gasteiger partial charge on any atom is -0.494 e. The van der Waals surface area contributed by atoms with Gasteiger partial charge in [-0.1, -0.05) is 6.07 Å². The fraction of sp³-hybridized carbons (Fsp3) is 0.250. The number of hydrogen-bond donors (Lipinski definition) is 1. The summed E-state index contributed by atoms with van der Waals surface area (Å²) in [6.07, 6.45) is 0. The van der Waals surface area contributed by atoms with Gasteiger partial charge in [0.1, 0.15) is 5.75 Å². The van der Waals surface area contributed by atoms with Crippen LogP contribution in [0, 0.1) is 24.0 Å². The molecule has 8 heteroatoms. The van der Waals surface area contributed by atoms with E-state index in [2.05, 4.69) is 4.72 Å². The van der Waals surface area contributed by atoms with Crippen molar-refractivity contribution < 1.29 is 18.1 Å². The predicted octanol–water partition coefficient (Wildman–Crippen LogP) is 3.41. The molecule has 0 amide bonds. The molecule has 0 atom stereocenters. The standard InChI is InChI=1S/C16H18N2O5S/c1-4-23-16-8-7-14(9-12(16)3)24(21,22)17-15-10-13(18(19)20)6-5-11(15)2/h5-10,17H,4H2,1-3H3. The van der Waals surface area contributed by atoms with E-state index in [4.69, 9.17) is 4.74 Å². The number of nitrogens with one attached hydrogen (secondary N) is 1. The van der Waals surface area contributed by atoms with Crippen LogP contribution in [0.4, 0.5) is 11.4 Å². The van der Waals surface area contributed by atoms with E-state index in [1.54, 1.807) is 19.9 Å². The van der Waals surface area contributed by atoms with Crippen LogP contribution >= 0.6 is 0 Å². The average molecular weight is 350 g/mol. The Balaban J connectivity index is 2.37. The highest BCUT2D eigenvalue weighted by Gasteiger charge is 2.18. The number of benzene rings is 2. The van der Waals surface area contributed by atoms with Gasteiger partial charge in [-0.15, -0.1) is 0 Å². The Morgan fingerprint density at radius 1 is 1.12 bits per heavy atom. The van der Waals surface area contributed by atoms with Crippen molar-refractivity contribution in [2.24, 2.45) is 0 Å². The molecular weight excluding hydrogens is 332 g/mol. The van der Waals surface area contributed by atoms with E-state index in [0.29, 0.717) is 23.5 Å². The topological polar surface area (TPSA) is 98.5 Å². The molecule has 0 radical (unpaired) electrons.